The molecule has 3 aromatic rings. The second kappa shape index (κ2) is 10.8. The van der Waals surface area contributed by atoms with Gasteiger partial charge in [-0.25, -0.2) is 0 Å². The van der Waals surface area contributed by atoms with Crippen LogP contribution >= 0.6 is 0 Å². The molecule has 1 N–H and O–H groups in total. The van der Waals surface area contributed by atoms with Gasteiger partial charge in [-0.15, -0.1) is 0 Å². The first-order chi connectivity index (χ1) is 17.0. The summed E-state index contributed by atoms with van der Waals surface area (Å²) < 4.78 is 21.7. The van der Waals surface area contributed by atoms with Crippen LogP contribution in [0.3, 0.4) is 0 Å². The molecule has 0 radical (unpaired) electrons. The SMILES string of the molecule is COc1ccc(-c2oc(NC(=O)COC(=O)C3CCCC3)c(C#N)c2-c2ccc(OC)cc2)cc1. The van der Waals surface area contributed by atoms with Crippen LogP contribution in [-0.4, -0.2) is 32.7 Å². The summed E-state index contributed by atoms with van der Waals surface area (Å²) >= 11 is 0. The smallest absolute Gasteiger partial charge is 0.309 e. The summed E-state index contributed by atoms with van der Waals surface area (Å²) in [6.45, 7) is -0.448. The maximum atomic E-state index is 12.6. The molecule has 1 amide bonds. The zero-order valence-electron chi connectivity index (χ0n) is 19.6. The summed E-state index contributed by atoms with van der Waals surface area (Å²) in [5.74, 6) is 0.645. The largest absolute Gasteiger partial charge is 0.497 e. The van der Waals surface area contributed by atoms with Gasteiger partial charge in [-0.05, 0) is 54.8 Å². The van der Waals surface area contributed by atoms with Gasteiger partial charge >= 0.3 is 5.97 Å². The summed E-state index contributed by atoms with van der Waals surface area (Å²) in [4.78, 5) is 24.7. The lowest BCUT2D eigenvalue weighted by atomic mass is 9.98. The Morgan fingerprint density at radius 2 is 1.54 bits per heavy atom. The van der Waals surface area contributed by atoms with Gasteiger partial charge < -0.3 is 18.6 Å². The molecule has 8 nitrogen and oxygen atoms in total. The minimum Gasteiger partial charge on any atom is -0.497 e. The predicted molar refractivity (Wildman–Crippen MR) is 129 cm³/mol. The molecule has 1 aliphatic rings. The topological polar surface area (TPSA) is 111 Å². The Morgan fingerprint density at radius 3 is 2.09 bits per heavy atom. The number of anilines is 1. The summed E-state index contributed by atoms with van der Waals surface area (Å²) in [6.07, 6.45) is 3.56. The highest BCUT2D eigenvalue weighted by atomic mass is 16.5. The number of nitrogens with zero attached hydrogens (tertiary/aromatic N) is 1. The lowest BCUT2D eigenvalue weighted by Gasteiger charge is -2.09. The van der Waals surface area contributed by atoms with Gasteiger partial charge in [0.05, 0.1) is 20.1 Å². The van der Waals surface area contributed by atoms with Crippen LogP contribution in [0.5, 0.6) is 11.5 Å². The minimum atomic E-state index is -0.579. The van der Waals surface area contributed by atoms with Gasteiger partial charge in [-0.2, -0.15) is 5.26 Å². The average molecular weight is 475 g/mol. The molecule has 0 unspecified atom stereocenters. The zero-order valence-corrected chi connectivity index (χ0v) is 19.6. The van der Waals surface area contributed by atoms with Crippen LogP contribution in [0.1, 0.15) is 31.2 Å². The van der Waals surface area contributed by atoms with Gasteiger partial charge in [0, 0.05) is 11.1 Å². The number of carbonyl (C=O) groups excluding carboxylic acids is 2. The van der Waals surface area contributed by atoms with Crippen molar-refractivity contribution in [1.29, 1.82) is 5.26 Å². The molecule has 1 heterocycles. The van der Waals surface area contributed by atoms with Gasteiger partial charge in [0.25, 0.3) is 5.91 Å². The maximum Gasteiger partial charge on any atom is 0.309 e. The molecule has 0 atom stereocenters. The summed E-state index contributed by atoms with van der Waals surface area (Å²) in [7, 11) is 3.15. The van der Waals surface area contributed by atoms with Crippen molar-refractivity contribution in [2.24, 2.45) is 5.92 Å². The third-order valence-corrected chi connectivity index (χ3v) is 6.04. The Kier molecular flexibility index (Phi) is 7.36. The average Bonchev–Trinajstić information content (AvgIpc) is 3.56. The van der Waals surface area contributed by atoms with E-state index in [0.29, 0.717) is 33.9 Å². The van der Waals surface area contributed by atoms with Gasteiger partial charge in [0.2, 0.25) is 5.88 Å². The van der Waals surface area contributed by atoms with E-state index in [2.05, 4.69) is 11.4 Å². The van der Waals surface area contributed by atoms with E-state index in [4.69, 9.17) is 18.6 Å². The molecule has 1 fully saturated rings. The van der Waals surface area contributed by atoms with Crippen molar-refractivity contribution >= 4 is 17.8 Å². The normalized spacial score (nSPS) is 13.2. The first-order valence-electron chi connectivity index (χ1n) is 11.4. The number of ether oxygens (including phenoxy) is 3. The fraction of sp³-hybridized carbons (Fsp3) is 0.296. The molecular formula is C27H26N2O6. The fourth-order valence-electron chi connectivity index (χ4n) is 4.18. The summed E-state index contributed by atoms with van der Waals surface area (Å²) in [5, 5.41) is 12.6. The van der Waals surface area contributed by atoms with E-state index in [1.807, 2.05) is 12.1 Å². The van der Waals surface area contributed by atoms with Crippen molar-refractivity contribution in [1.82, 2.24) is 0 Å². The van der Waals surface area contributed by atoms with Gasteiger partial charge in [0.15, 0.2) is 6.61 Å². The number of rotatable bonds is 8. The molecule has 0 bridgehead atoms. The van der Waals surface area contributed by atoms with Crippen molar-refractivity contribution in [3.63, 3.8) is 0 Å². The number of hydrogen-bond donors (Lipinski definition) is 1. The molecule has 1 aromatic heterocycles. The highest BCUT2D eigenvalue weighted by Gasteiger charge is 2.27. The second-order valence-electron chi connectivity index (χ2n) is 8.22. The van der Waals surface area contributed by atoms with Crippen molar-refractivity contribution in [2.45, 2.75) is 25.7 Å². The van der Waals surface area contributed by atoms with Crippen LogP contribution in [0.25, 0.3) is 22.5 Å². The van der Waals surface area contributed by atoms with E-state index in [1.165, 1.54) is 0 Å². The molecule has 1 saturated carbocycles. The number of amides is 1. The lowest BCUT2D eigenvalue weighted by Crippen LogP contribution is -2.23. The fourth-order valence-corrected chi connectivity index (χ4v) is 4.18. The van der Waals surface area contributed by atoms with E-state index in [9.17, 15) is 14.9 Å². The molecule has 35 heavy (non-hydrogen) atoms. The molecule has 1 aliphatic carbocycles. The standard InChI is InChI=1S/C27H26N2O6/c1-32-20-11-7-17(8-12-20)24-22(15-28)26(35-25(24)18-9-13-21(33-2)14-10-18)29-23(30)16-34-27(31)19-5-3-4-6-19/h7-14,19H,3-6,16H2,1-2H3,(H,29,30). The molecule has 8 heteroatoms. The Morgan fingerprint density at radius 1 is 0.971 bits per heavy atom. The van der Waals surface area contributed by atoms with Crippen LogP contribution in [0.15, 0.2) is 52.9 Å². The number of hydrogen-bond acceptors (Lipinski definition) is 7. The third-order valence-electron chi connectivity index (χ3n) is 6.04. The Balaban J connectivity index is 1.64. The molecular weight excluding hydrogens is 448 g/mol. The van der Waals surface area contributed by atoms with Crippen LogP contribution < -0.4 is 14.8 Å². The van der Waals surface area contributed by atoms with E-state index >= 15 is 0 Å². The van der Waals surface area contributed by atoms with Crippen molar-refractivity contribution < 1.29 is 28.2 Å². The van der Waals surface area contributed by atoms with Crippen LogP contribution in [0.4, 0.5) is 5.88 Å². The second-order valence-corrected chi connectivity index (χ2v) is 8.22. The Bertz CT molecular complexity index is 1230. The molecule has 0 spiro atoms. The number of nitrogens with one attached hydrogen (secondary N) is 1. The van der Waals surface area contributed by atoms with Crippen LogP contribution in [0, 0.1) is 17.2 Å². The van der Waals surface area contributed by atoms with Gasteiger partial charge in [-0.1, -0.05) is 25.0 Å². The maximum absolute atomic E-state index is 12.6. The molecule has 0 saturated heterocycles. The number of esters is 1. The highest BCUT2D eigenvalue weighted by Crippen LogP contribution is 2.42. The number of nitriles is 1. The van der Waals surface area contributed by atoms with Gasteiger partial charge in [0.1, 0.15) is 28.9 Å². The quantitative estimate of drug-likeness (QED) is 0.448. The Labute approximate surface area is 203 Å². The number of methoxy groups -OCH3 is 2. The molecule has 180 valence electrons. The molecule has 0 aliphatic heterocycles. The zero-order chi connectivity index (χ0) is 24.8. The van der Waals surface area contributed by atoms with Crippen LogP contribution in [-0.2, 0) is 14.3 Å². The van der Waals surface area contributed by atoms with E-state index in [-0.39, 0.29) is 23.3 Å². The number of furan rings is 1. The monoisotopic (exact) mass is 474 g/mol. The summed E-state index contributed by atoms with van der Waals surface area (Å²) in [6, 6.07) is 16.5. The minimum absolute atomic E-state index is 0.00829. The third kappa shape index (κ3) is 5.30. The first kappa shape index (κ1) is 23.9. The van der Waals surface area contributed by atoms with E-state index in [1.54, 1.807) is 50.6 Å². The predicted octanol–water partition coefficient (Wildman–Crippen LogP) is 5.17. The van der Waals surface area contributed by atoms with Crippen molar-refractivity contribution in [3.8, 4) is 40.0 Å². The van der Waals surface area contributed by atoms with Gasteiger partial charge in [-0.3, -0.25) is 14.9 Å². The molecule has 2 aromatic carbocycles. The van der Waals surface area contributed by atoms with Crippen LogP contribution in [0.2, 0.25) is 0 Å². The first-order valence-corrected chi connectivity index (χ1v) is 11.4. The van der Waals surface area contributed by atoms with Crippen molar-refractivity contribution in [3.05, 3.63) is 54.1 Å². The number of benzene rings is 2. The number of carbonyl (C=O) groups is 2. The highest BCUT2D eigenvalue weighted by molar-refractivity contribution is 5.97. The Hall–Kier alpha value is -4.25. The lowest BCUT2D eigenvalue weighted by molar-refractivity contribution is -0.151. The summed E-state index contributed by atoms with van der Waals surface area (Å²) in [5.41, 5.74) is 2.10. The molecule has 4 rings (SSSR count). The van der Waals surface area contributed by atoms with E-state index < -0.39 is 12.5 Å². The van der Waals surface area contributed by atoms with Crippen molar-refractivity contribution in [2.75, 3.05) is 26.1 Å². The van der Waals surface area contributed by atoms with E-state index in [0.717, 1.165) is 25.7 Å².